The number of aromatic nitrogens is 2. The highest BCUT2D eigenvalue weighted by atomic mass is 19.1. The van der Waals surface area contributed by atoms with Gasteiger partial charge in [-0.2, -0.15) is 0 Å². The normalized spacial score (nSPS) is 13.9. The molecule has 0 bridgehead atoms. The average Bonchev–Trinajstić information content (AvgIpc) is 3.00. The molecule has 0 unspecified atom stereocenters. The fraction of sp³-hybridized carbons (Fsp3) is 0.304. The summed E-state index contributed by atoms with van der Waals surface area (Å²) >= 11 is 0. The summed E-state index contributed by atoms with van der Waals surface area (Å²) in [5.74, 6) is -0.639. The number of fused-ring (bicyclic) bond motifs is 1. The van der Waals surface area contributed by atoms with Crippen LogP contribution in [0.4, 0.5) is 4.39 Å². The number of esters is 1. The minimum absolute atomic E-state index is 0.0655. The Morgan fingerprint density at radius 2 is 1.90 bits per heavy atom. The number of carbonyl (C=O) groups excluding carboxylic acids is 1. The molecule has 156 valence electrons. The molecular weight excluding hydrogens is 385 g/mol. The summed E-state index contributed by atoms with van der Waals surface area (Å²) in [4.78, 5) is 27.0. The highest BCUT2D eigenvalue weighted by Gasteiger charge is 2.25. The van der Waals surface area contributed by atoms with Crippen LogP contribution in [0.3, 0.4) is 0 Å². The van der Waals surface area contributed by atoms with Gasteiger partial charge in [0.05, 0.1) is 23.9 Å². The third-order valence-electron chi connectivity index (χ3n) is 5.70. The number of ether oxygens (including phenoxy) is 1. The van der Waals surface area contributed by atoms with Crippen LogP contribution in [-0.2, 0) is 31.3 Å². The van der Waals surface area contributed by atoms with Crippen LogP contribution in [0.2, 0.25) is 0 Å². The first kappa shape index (κ1) is 20.1. The Hall–Kier alpha value is -3.19. The molecule has 1 aliphatic rings. The Balaban J connectivity index is 1.57. The summed E-state index contributed by atoms with van der Waals surface area (Å²) in [6.45, 7) is 3.75. The van der Waals surface area contributed by atoms with Crippen molar-refractivity contribution in [3.63, 3.8) is 0 Å². The first-order chi connectivity index (χ1) is 14.4. The number of hydrogen-bond donors (Lipinski definition) is 0. The molecule has 0 fully saturated rings. The second-order valence-corrected chi connectivity index (χ2v) is 7.65. The van der Waals surface area contributed by atoms with Crippen LogP contribution in [0.25, 0.3) is 5.69 Å². The highest BCUT2D eigenvalue weighted by Crippen LogP contribution is 2.21. The van der Waals surface area contributed by atoms with Crippen LogP contribution < -0.4 is 5.56 Å². The average molecular weight is 409 g/mol. The van der Waals surface area contributed by atoms with Crippen molar-refractivity contribution < 1.29 is 13.9 Å². The van der Waals surface area contributed by atoms with Gasteiger partial charge in [0.1, 0.15) is 5.82 Å². The van der Waals surface area contributed by atoms with Gasteiger partial charge in [-0.25, -0.2) is 13.9 Å². The molecule has 2 heterocycles. The summed E-state index contributed by atoms with van der Waals surface area (Å²) < 4.78 is 21.9. The molecule has 0 saturated carbocycles. The molecule has 0 amide bonds. The SMILES string of the molecule is COC(=O)c1ccc(CN2CCc3c(c(=O)n(-c4ccc(F)c(C)c4)n3C)C2)cc1. The zero-order valence-corrected chi connectivity index (χ0v) is 17.3. The van der Waals surface area contributed by atoms with Crippen molar-refractivity contribution in [1.29, 1.82) is 0 Å². The zero-order valence-electron chi connectivity index (χ0n) is 17.3. The van der Waals surface area contributed by atoms with E-state index in [0.29, 0.717) is 29.9 Å². The van der Waals surface area contributed by atoms with Crippen molar-refractivity contribution >= 4 is 5.97 Å². The summed E-state index contributed by atoms with van der Waals surface area (Å²) in [5, 5.41) is 0. The number of benzene rings is 2. The first-order valence-corrected chi connectivity index (χ1v) is 9.85. The largest absolute Gasteiger partial charge is 0.465 e. The second-order valence-electron chi connectivity index (χ2n) is 7.65. The number of nitrogens with zero attached hydrogens (tertiary/aromatic N) is 3. The van der Waals surface area contributed by atoms with Crippen LogP contribution in [0.5, 0.6) is 0 Å². The molecule has 0 aliphatic carbocycles. The predicted octanol–water partition coefficient (Wildman–Crippen LogP) is 2.97. The van der Waals surface area contributed by atoms with Crippen molar-refractivity contribution in [1.82, 2.24) is 14.3 Å². The number of halogens is 1. The molecule has 30 heavy (non-hydrogen) atoms. The molecule has 1 aliphatic heterocycles. The molecule has 7 heteroatoms. The standard InChI is InChI=1S/C23H24FN3O3/c1-15-12-18(8-9-20(15)24)27-22(28)19-14-26(11-10-21(19)25(27)2)13-16-4-6-17(7-5-16)23(29)30-3/h4-9,12H,10-11,13-14H2,1-3H3. The second kappa shape index (κ2) is 7.91. The maximum atomic E-state index is 13.7. The fourth-order valence-electron chi connectivity index (χ4n) is 4.05. The molecule has 2 aromatic carbocycles. The van der Waals surface area contributed by atoms with Gasteiger partial charge in [0, 0.05) is 38.8 Å². The Bertz CT molecular complexity index is 1160. The molecule has 0 atom stereocenters. The van der Waals surface area contributed by atoms with Crippen molar-refractivity contribution in [2.45, 2.75) is 26.4 Å². The van der Waals surface area contributed by atoms with Gasteiger partial charge in [0.2, 0.25) is 0 Å². The van der Waals surface area contributed by atoms with E-state index in [1.165, 1.54) is 13.2 Å². The summed E-state index contributed by atoms with van der Waals surface area (Å²) in [6, 6.07) is 12.1. The smallest absolute Gasteiger partial charge is 0.337 e. The third kappa shape index (κ3) is 3.57. The first-order valence-electron chi connectivity index (χ1n) is 9.85. The van der Waals surface area contributed by atoms with E-state index in [0.717, 1.165) is 29.8 Å². The van der Waals surface area contributed by atoms with E-state index < -0.39 is 0 Å². The van der Waals surface area contributed by atoms with Gasteiger partial charge < -0.3 is 4.74 Å². The van der Waals surface area contributed by atoms with Crippen molar-refractivity contribution in [3.05, 3.63) is 86.6 Å². The Kier molecular flexibility index (Phi) is 5.30. The molecule has 0 N–H and O–H groups in total. The van der Waals surface area contributed by atoms with Gasteiger partial charge in [-0.3, -0.25) is 14.4 Å². The van der Waals surface area contributed by atoms with E-state index in [1.54, 1.807) is 35.9 Å². The van der Waals surface area contributed by atoms with E-state index in [1.807, 2.05) is 23.9 Å². The lowest BCUT2D eigenvalue weighted by molar-refractivity contribution is 0.0600. The molecule has 0 radical (unpaired) electrons. The summed E-state index contributed by atoms with van der Waals surface area (Å²) in [6.07, 6.45) is 0.758. The molecular formula is C23H24FN3O3. The van der Waals surface area contributed by atoms with Crippen LogP contribution in [0.15, 0.2) is 47.3 Å². The molecule has 6 nitrogen and oxygen atoms in total. The van der Waals surface area contributed by atoms with Crippen molar-refractivity contribution in [2.24, 2.45) is 7.05 Å². The number of rotatable bonds is 4. The van der Waals surface area contributed by atoms with E-state index in [9.17, 15) is 14.0 Å². The maximum Gasteiger partial charge on any atom is 0.337 e. The van der Waals surface area contributed by atoms with E-state index in [2.05, 4.69) is 4.90 Å². The number of carbonyl (C=O) groups is 1. The lowest BCUT2D eigenvalue weighted by atomic mass is 10.1. The van der Waals surface area contributed by atoms with Crippen molar-refractivity contribution in [2.75, 3.05) is 13.7 Å². The minimum Gasteiger partial charge on any atom is -0.465 e. The van der Waals surface area contributed by atoms with Crippen molar-refractivity contribution in [3.8, 4) is 5.69 Å². The summed E-state index contributed by atoms with van der Waals surface area (Å²) in [5.41, 5.74) is 4.48. The molecule has 3 aromatic rings. The van der Waals surface area contributed by atoms with E-state index in [-0.39, 0.29) is 17.3 Å². The quantitative estimate of drug-likeness (QED) is 0.622. The monoisotopic (exact) mass is 409 g/mol. The Labute approximate surface area is 174 Å². The highest BCUT2D eigenvalue weighted by molar-refractivity contribution is 5.89. The Morgan fingerprint density at radius 1 is 1.17 bits per heavy atom. The van der Waals surface area contributed by atoms with Crippen LogP contribution in [0.1, 0.15) is 32.7 Å². The predicted molar refractivity (Wildman–Crippen MR) is 111 cm³/mol. The van der Waals surface area contributed by atoms with Gasteiger partial charge in [-0.05, 0) is 48.4 Å². The molecule has 1 aromatic heterocycles. The van der Waals surface area contributed by atoms with E-state index >= 15 is 0 Å². The van der Waals surface area contributed by atoms with Gasteiger partial charge in [-0.1, -0.05) is 12.1 Å². The van der Waals surface area contributed by atoms with Crippen LogP contribution in [-0.4, -0.2) is 33.9 Å². The molecule has 0 spiro atoms. The zero-order chi connectivity index (χ0) is 21.4. The number of methoxy groups -OCH3 is 1. The Morgan fingerprint density at radius 3 is 2.57 bits per heavy atom. The number of aryl methyl sites for hydroxylation is 1. The summed E-state index contributed by atoms with van der Waals surface area (Å²) in [7, 11) is 3.24. The topological polar surface area (TPSA) is 56.5 Å². The van der Waals surface area contributed by atoms with Crippen LogP contribution >= 0.6 is 0 Å². The van der Waals surface area contributed by atoms with Gasteiger partial charge in [0.15, 0.2) is 0 Å². The van der Waals surface area contributed by atoms with E-state index in [4.69, 9.17) is 4.74 Å². The third-order valence-corrected chi connectivity index (χ3v) is 5.70. The van der Waals surface area contributed by atoms with Crippen LogP contribution in [0, 0.1) is 12.7 Å². The number of hydrogen-bond acceptors (Lipinski definition) is 4. The fourth-order valence-corrected chi connectivity index (χ4v) is 4.05. The maximum absolute atomic E-state index is 13.7. The van der Waals surface area contributed by atoms with Gasteiger partial charge in [-0.15, -0.1) is 0 Å². The van der Waals surface area contributed by atoms with Gasteiger partial charge in [0.25, 0.3) is 5.56 Å². The lowest BCUT2D eigenvalue weighted by Gasteiger charge is -2.26. The lowest BCUT2D eigenvalue weighted by Crippen LogP contribution is -2.32. The van der Waals surface area contributed by atoms with Gasteiger partial charge >= 0.3 is 5.97 Å². The molecule has 4 rings (SSSR count). The minimum atomic E-state index is -0.356. The molecule has 0 saturated heterocycles.